The molecule has 6 aromatic carbocycles. The van der Waals surface area contributed by atoms with Gasteiger partial charge in [-0.2, -0.15) is 5.26 Å². The summed E-state index contributed by atoms with van der Waals surface area (Å²) in [5.41, 5.74) is 2.38. The Balaban J connectivity index is 0.000000143. The Hall–Kier alpha value is -8.10. The summed E-state index contributed by atoms with van der Waals surface area (Å²) in [5.74, 6) is 4.18. The van der Waals surface area contributed by atoms with Crippen molar-refractivity contribution in [2.75, 3.05) is 45.8 Å². The van der Waals surface area contributed by atoms with Crippen molar-refractivity contribution in [1.29, 1.82) is 5.26 Å². The van der Waals surface area contributed by atoms with Crippen LogP contribution in [-0.4, -0.2) is 101 Å². The predicted octanol–water partition coefficient (Wildman–Crippen LogP) is 14.5. The van der Waals surface area contributed by atoms with E-state index in [9.17, 15) is 4.79 Å². The quantitative estimate of drug-likeness (QED) is 0.0909. The topological polar surface area (TPSA) is 163 Å². The molecular weight excluding hydrogens is 1140 g/mol. The Morgan fingerprint density at radius 2 is 0.953 bits per heavy atom. The molecule has 1 N–H and O–H groups in total. The predicted molar refractivity (Wildman–Crippen MR) is 332 cm³/mol. The largest absolute Gasteiger partial charge is 0.488 e. The number of pyridine rings is 3. The normalized spacial score (nSPS) is 16.6. The molecule has 9 aromatic rings. The fourth-order valence-electron chi connectivity index (χ4n) is 9.96. The van der Waals surface area contributed by atoms with Crippen LogP contribution in [0.2, 0.25) is 15.1 Å². The molecule has 0 aliphatic carbocycles. The number of carbonyl (C=O) groups is 1. The van der Waals surface area contributed by atoms with E-state index in [0.29, 0.717) is 67.1 Å². The van der Waals surface area contributed by atoms with Crippen LogP contribution in [0.3, 0.4) is 0 Å². The fraction of sp³-hybridized carbons (Fsp3) is 0.299. The van der Waals surface area contributed by atoms with Crippen molar-refractivity contribution in [3.8, 4) is 41.0 Å². The highest BCUT2D eigenvalue weighted by atomic mass is 35.5. The number of nitrogens with one attached hydrogen (secondary N) is 1. The Kier molecular flexibility index (Phi) is 20.2. The van der Waals surface area contributed by atoms with Crippen LogP contribution < -0.4 is 33.7 Å². The van der Waals surface area contributed by atoms with Crippen molar-refractivity contribution in [3.05, 3.63) is 196 Å². The third kappa shape index (κ3) is 16.6. The molecule has 3 aromatic heterocycles. The Labute approximate surface area is 510 Å². The molecule has 0 bridgehead atoms. The second-order valence-corrected chi connectivity index (χ2v) is 23.0. The lowest BCUT2D eigenvalue weighted by Gasteiger charge is -2.24. The number of fused-ring (bicyclic) bond motifs is 3. The highest BCUT2D eigenvalue weighted by molar-refractivity contribution is 6.36. The van der Waals surface area contributed by atoms with E-state index in [4.69, 9.17) is 73.2 Å². The molecule has 0 saturated carbocycles. The summed E-state index contributed by atoms with van der Waals surface area (Å²) in [6, 6.07) is 48.7. The van der Waals surface area contributed by atoms with Gasteiger partial charge in [0, 0.05) is 133 Å². The van der Waals surface area contributed by atoms with Gasteiger partial charge in [0.15, 0.2) is 0 Å². The molecule has 3 unspecified atom stereocenters. The molecule has 0 spiro atoms. The van der Waals surface area contributed by atoms with Crippen LogP contribution in [-0.2, 0) is 24.6 Å². The molecule has 12 rings (SSSR count). The van der Waals surface area contributed by atoms with Gasteiger partial charge in [0.2, 0.25) is 17.6 Å². The van der Waals surface area contributed by atoms with Crippen LogP contribution in [0, 0.1) is 11.3 Å². The van der Waals surface area contributed by atoms with E-state index in [1.165, 1.54) is 0 Å². The first kappa shape index (κ1) is 60.0. The first-order chi connectivity index (χ1) is 41.3. The average Bonchev–Trinajstić information content (AvgIpc) is 4.51. The minimum Gasteiger partial charge on any atom is -0.488 e. The van der Waals surface area contributed by atoms with E-state index < -0.39 is 5.60 Å². The summed E-state index contributed by atoms with van der Waals surface area (Å²) in [6.45, 7) is 11.9. The summed E-state index contributed by atoms with van der Waals surface area (Å²) >= 11 is 18.8. The van der Waals surface area contributed by atoms with Crippen molar-refractivity contribution in [1.82, 2.24) is 30.1 Å². The van der Waals surface area contributed by atoms with E-state index in [0.717, 1.165) is 117 Å². The second-order valence-electron chi connectivity index (χ2n) is 21.8. The lowest BCUT2D eigenvalue weighted by Crippen LogP contribution is -2.36. The SMILES string of the molecule is CC(C)(C)OC(=O)N1CCC(Oc2ccc(COc3ccc(Cl)c4ccccc34)cn2)C1.Clc1ccc(OCc2ccc(OC3CCNC3)nc2)c2ccccc12.N#CCN1CCC(Oc2ccc(COc3ccc(Cl)c4ccccc34)cn2)C1. The third-order valence-electron chi connectivity index (χ3n) is 14.3. The summed E-state index contributed by atoms with van der Waals surface area (Å²) in [5, 5.41) is 20.1. The number of likely N-dealkylation sites (tertiary alicyclic amines) is 2. The maximum atomic E-state index is 12.2. The number of ether oxygens (including phenoxy) is 7. The van der Waals surface area contributed by atoms with E-state index in [1.807, 2.05) is 166 Å². The number of halogens is 3. The lowest BCUT2D eigenvalue weighted by molar-refractivity contribution is 0.0274. The van der Waals surface area contributed by atoms with Crippen LogP contribution in [0.25, 0.3) is 32.3 Å². The second kappa shape index (κ2) is 28.7. The van der Waals surface area contributed by atoms with Crippen LogP contribution in [0.4, 0.5) is 4.79 Å². The minimum atomic E-state index is -0.506. The Morgan fingerprint density at radius 3 is 1.34 bits per heavy atom. The molecule has 438 valence electrons. The lowest BCUT2D eigenvalue weighted by atomic mass is 10.1. The van der Waals surface area contributed by atoms with Crippen molar-refractivity contribution in [3.63, 3.8) is 0 Å². The van der Waals surface area contributed by atoms with Gasteiger partial charge in [0.05, 0.1) is 19.2 Å². The molecule has 18 heteroatoms. The van der Waals surface area contributed by atoms with Gasteiger partial charge in [-0.3, -0.25) is 4.90 Å². The maximum absolute atomic E-state index is 12.2. The van der Waals surface area contributed by atoms with Crippen LogP contribution in [0.1, 0.15) is 56.7 Å². The third-order valence-corrected chi connectivity index (χ3v) is 15.3. The van der Waals surface area contributed by atoms with Gasteiger partial charge in [-0.1, -0.05) is 108 Å². The molecule has 3 atom stereocenters. The number of hydrogen-bond acceptors (Lipinski definition) is 14. The standard InChI is InChI=1S/C25H27ClN2O4.C22H20ClN3O2.C20H19ClN2O2/c1-25(2,3)32-24(29)28-13-12-18(15-28)31-23-11-8-17(14-27-23)16-30-22-10-9-21(26)19-6-4-5-7-20(19)22;23-20-6-7-21(19-4-2-1-3-18(19)20)27-15-16-5-8-22(25-13-16)28-17-9-11-26(14-17)12-10-24;21-18-6-7-19(17-4-2-1-3-16(17)18)24-13-14-5-8-20(23-11-14)25-15-9-10-22-12-15/h4-11,14,18H,12-13,15-16H2,1-3H3;1-8,13,17H,9,11-12,14-15H2;1-8,11,15,22H,9-10,12-13H2. The van der Waals surface area contributed by atoms with E-state index in [1.54, 1.807) is 23.5 Å². The zero-order valence-electron chi connectivity index (χ0n) is 47.6. The number of hydrogen-bond donors (Lipinski definition) is 1. The van der Waals surface area contributed by atoms with E-state index in [2.05, 4.69) is 31.2 Å². The van der Waals surface area contributed by atoms with Gasteiger partial charge >= 0.3 is 6.09 Å². The molecule has 1 amide bonds. The molecule has 15 nitrogen and oxygen atoms in total. The summed E-state index contributed by atoms with van der Waals surface area (Å²) in [6.07, 6.45) is 7.90. The van der Waals surface area contributed by atoms with Crippen molar-refractivity contribution >= 4 is 73.2 Å². The van der Waals surface area contributed by atoms with Gasteiger partial charge in [-0.15, -0.1) is 0 Å². The summed E-state index contributed by atoms with van der Waals surface area (Å²) < 4.78 is 41.1. The van der Waals surface area contributed by atoms with Gasteiger partial charge in [-0.05, 0) is 94.8 Å². The number of carbonyl (C=O) groups excluding carboxylic acids is 1. The summed E-state index contributed by atoms with van der Waals surface area (Å²) in [7, 11) is 0. The zero-order chi connectivity index (χ0) is 59.1. The molecule has 3 saturated heterocycles. The van der Waals surface area contributed by atoms with Crippen molar-refractivity contribution in [2.24, 2.45) is 0 Å². The van der Waals surface area contributed by atoms with Gasteiger partial charge in [-0.25, -0.2) is 19.7 Å². The molecule has 3 fully saturated rings. The Bertz CT molecular complexity index is 3730. The molecule has 85 heavy (non-hydrogen) atoms. The van der Waals surface area contributed by atoms with E-state index >= 15 is 0 Å². The summed E-state index contributed by atoms with van der Waals surface area (Å²) in [4.78, 5) is 29.1. The molecular formula is C67H66Cl3N7O8. The first-order valence-electron chi connectivity index (χ1n) is 28.3. The van der Waals surface area contributed by atoms with Crippen molar-refractivity contribution in [2.45, 2.75) is 83.8 Å². The number of nitriles is 1. The number of aromatic nitrogens is 3. The van der Waals surface area contributed by atoms with E-state index in [-0.39, 0.29) is 24.4 Å². The van der Waals surface area contributed by atoms with Crippen LogP contribution in [0.5, 0.6) is 34.9 Å². The number of amides is 1. The smallest absolute Gasteiger partial charge is 0.410 e. The number of rotatable bonds is 16. The average molecular weight is 1200 g/mol. The zero-order valence-corrected chi connectivity index (χ0v) is 49.9. The first-order valence-corrected chi connectivity index (χ1v) is 29.5. The molecule has 3 aliphatic heterocycles. The van der Waals surface area contributed by atoms with Crippen LogP contribution >= 0.6 is 34.8 Å². The highest BCUT2D eigenvalue weighted by Gasteiger charge is 2.31. The number of nitrogens with zero attached hydrogens (tertiary/aromatic N) is 6. The fourth-order valence-corrected chi connectivity index (χ4v) is 10.6. The number of benzene rings is 6. The minimum absolute atomic E-state index is 0.0865. The van der Waals surface area contributed by atoms with Gasteiger partial charge in [0.1, 0.15) is 61.0 Å². The van der Waals surface area contributed by atoms with Gasteiger partial charge in [0.25, 0.3) is 0 Å². The van der Waals surface area contributed by atoms with Crippen molar-refractivity contribution < 1.29 is 38.0 Å². The van der Waals surface area contributed by atoms with Crippen LogP contribution in [0.15, 0.2) is 164 Å². The molecule has 0 radical (unpaired) electrons. The molecule has 6 heterocycles. The Morgan fingerprint density at radius 1 is 0.541 bits per heavy atom. The highest BCUT2D eigenvalue weighted by Crippen LogP contribution is 2.35. The molecule has 3 aliphatic rings. The van der Waals surface area contributed by atoms with Gasteiger partial charge < -0.3 is 43.4 Å². The monoisotopic (exact) mass is 1200 g/mol. The maximum Gasteiger partial charge on any atom is 0.410 e.